The lowest BCUT2D eigenvalue weighted by atomic mass is 10.1. The van der Waals surface area contributed by atoms with Gasteiger partial charge in [-0.15, -0.1) is 0 Å². The van der Waals surface area contributed by atoms with Crippen LogP contribution in [0.15, 0.2) is 24.3 Å². The van der Waals surface area contributed by atoms with Crippen molar-refractivity contribution in [2.24, 2.45) is 0 Å². The summed E-state index contributed by atoms with van der Waals surface area (Å²) in [6.45, 7) is 0. The summed E-state index contributed by atoms with van der Waals surface area (Å²) >= 11 is 0. The molecule has 0 saturated heterocycles. The molecule has 0 aliphatic rings. The second-order valence-corrected chi connectivity index (χ2v) is 3.35. The maximum absolute atomic E-state index is 10.9. The Kier molecular flexibility index (Phi) is 2.72. The van der Waals surface area contributed by atoms with E-state index in [0.717, 1.165) is 22.9 Å². The van der Waals surface area contributed by atoms with Crippen molar-refractivity contribution in [3.8, 4) is 5.75 Å². The molecule has 2 rings (SSSR count). The quantitative estimate of drug-likeness (QED) is 0.798. The largest absolute Gasteiger partial charge is 0.497 e. The topological polar surface area (TPSA) is 51.2 Å². The number of nitrogens with zero attached hydrogens (tertiary/aromatic N) is 1. The minimum Gasteiger partial charge on any atom is -0.497 e. The average Bonchev–Trinajstić information content (AvgIpc) is 2.36. The van der Waals surface area contributed by atoms with Gasteiger partial charge in [0, 0.05) is 12.4 Å². The van der Waals surface area contributed by atoms with E-state index in [1.54, 1.807) is 20.2 Å². The van der Waals surface area contributed by atoms with E-state index in [1.807, 2.05) is 18.2 Å². The highest BCUT2D eigenvalue weighted by Gasteiger charge is 2.05. The Morgan fingerprint density at radius 2 is 2.19 bits per heavy atom. The van der Waals surface area contributed by atoms with Crippen LogP contribution >= 0.6 is 0 Å². The number of anilines is 1. The Labute approximate surface area is 93.3 Å². The second-order valence-electron chi connectivity index (χ2n) is 3.35. The summed E-state index contributed by atoms with van der Waals surface area (Å²) in [6, 6.07) is 7.36. The molecule has 0 bridgehead atoms. The molecule has 4 nitrogen and oxygen atoms in total. The number of fused-ring (bicyclic) bond motifs is 1. The van der Waals surface area contributed by atoms with Gasteiger partial charge in [0.2, 0.25) is 0 Å². The van der Waals surface area contributed by atoms with E-state index >= 15 is 0 Å². The van der Waals surface area contributed by atoms with Crippen LogP contribution in [0.3, 0.4) is 0 Å². The minimum absolute atomic E-state index is 0.545. The Bertz CT molecular complexity index is 538. The third kappa shape index (κ3) is 1.69. The number of benzene rings is 1. The minimum atomic E-state index is 0.545. The first kappa shape index (κ1) is 10.4. The summed E-state index contributed by atoms with van der Waals surface area (Å²) in [5.41, 5.74) is 1.37. The van der Waals surface area contributed by atoms with E-state index in [1.165, 1.54) is 0 Å². The van der Waals surface area contributed by atoms with Crippen molar-refractivity contribution in [3.63, 3.8) is 0 Å². The number of carbonyl (C=O) groups excluding carboxylic acids is 1. The fraction of sp³-hybridized carbons (Fsp3) is 0.167. The Morgan fingerprint density at radius 3 is 2.81 bits per heavy atom. The van der Waals surface area contributed by atoms with Crippen molar-refractivity contribution in [1.82, 2.24) is 4.98 Å². The van der Waals surface area contributed by atoms with E-state index in [4.69, 9.17) is 4.74 Å². The van der Waals surface area contributed by atoms with Gasteiger partial charge in [-0.25, -0.2) is 4.98 Å². The number of nitrogens with one attached hydrogen (secondary N) is 1. The number of hydrogen-bond acceptors (Lipinski definition) is 4. The smallest absolute Gasteiger partial charge is 0.153 e. The summed E-state index contributed by atoms with van der Waals surface area (Å²) in [6.07, 6.45) is 0.789. The molecule has 2 aromatic rings. The van der Waals surface area contributed by atoms with Gasteiger partial charge in [0.15, 0.2) is 6.29 Å². The second kappa shape index (κ2) is 4.18. The zero-order chi connectivity index (χ0) is 11.5. The van der Waals surface area contributed by atoms with Gasteiger partial charge in [0.25, 0.3) is 0 Å². The summed E-state index contributed by atoms with van der Waals surface area (Å²) in [7, 11) is 3.35. The molecule has 0 amide bonds. The highest BCUT2D eigenvalue weighted by Crippen LogP contribution is 2.23. The molecule has 0 unspecified atom stereocenters. The molecule has 1 aromatic carbocycles. The van der Waals surface area contributed by atoms with E-state index in [2.05, 4.69) is 10.3 Å². The van der Waals surface area contributed by atoms with Gasteiger partial charge in [-0.2, -0.15) is 0 Å². The molecular weight excluding hydrogens is 204 g/mol. The van der Waals surface area contributed by atoms with Gasteiger partial charge in [-0.1, -0.05) is 0 Å². The third-order valence-corrected chi connectivity index (χ3v) is 2.42. The maximum atomic E-state index is 10.9. The number of aromatic nitrogens is 1. The van der Waals surface area contributed by atoms with Crippen LogP contribution in [0.25, 0.3) is 10.9 Å². The van der Waals surface area contributed by atoms with Gasteiger partial charge in [-0.05, 0) is 24.3 Å². The van der Waals surface area contributed by atoms with Crippen LogP contribution < -0.4 is 10.1 Å². The number of ether oxygens (including phenoxy) is 1. The van der Waals surface area contributed by atoms with Crippen LogP contribution in [-0.4, -0.2) is 25.4 Å². The molecule has 1 heterocycles. The molecule has 0 fully saturated rings. The van der Waals surface area contributed by atoms with Crippen molar-refractivity contribution in [3.05, 3.63) is 29.8 Å². The fourth-order valence-corrected chi connectivity index (χ4v) is 1.59. The first-order chi connectivity index (χ1) is 7.78. The van der Waals surface area contributed by atoms with Crippen molar-refractivity contribution in [2.75, 3.05) is 19.5 Å². The molecule has 82 valence electrons. The first-order valence-corrected chi connectivity index (χ1v) is 4.90. The van der Waals surface area contributed by atoms with Crippen LogP contribution in [0.1, 0.15) is 10.4 Å². The van der Waals surface area contributed by atoms with E-state index in [-0.39, 0.29) is 0 Å². The number of methoxy groups -OCH3 is 1. The lowest BCUT2D eigenvalue weighted by Crippen LogP contribution is -1.98. The predicted octanol–water partition coefficient (Wildman–Crippen LogP) is 2.10. The molecule has 0 radical (unpaired) electrons. The van der Waals surface area contributed by atoms with Gasteiger partial charge in [-0.3, -0.25) is 4.79 Å². The highest BCUT2D eigenvalue weighted by molar-refractivity contribution is 5.92. The Balaban J connectivity index is 2.68. The SMILES string of the molecule is CNc1nc2ccc(OC)cc2cc1C=O. The average molecular weight is 216 g/mol. The number of hydrogen-bond donors (Lipinski definition) is 1. The zero-order valence-corrected chi connectivity index (χ0v) is 9.15. The first-order valence-electron chi connectivity index (χ1n) is 4.90. The molecule has 0 saturated carbocycles. The maximum Gasteiger partial charge on any atom is 0.153 e. The van der Waals surface area contributed by atoms with Crippen molar-refractivity contribution < 1.29 is 9.53 Å². The summed E-state index contributed by atoms with van der Waals surface area (Å²) in [5, 5.41) is 3.78. The Hall–Kier alpha value is -2.10. The van der Waals surface area contributed by atoms with Crippen LogP contribution in [0.5, 0.6) is 5.75 Å². The fourth-order valence-electron chi connectivity index (χ4n) is 1.59. The summed E-state index contributed by atoms with van der Waals surface area (Å²) < 4.78 is 5.12. The van der Waals surface area contributed by atoms with Gasteiger partial charge in [0.1, 0.15) is 11.6 Å². The molecular formula is C12H12N2O2. The van der Waals surface area contributed by atoms with E-state index in [0.29, 0.717) is 11.4 Å². The lowest BCUT2D eigenvalue weighted by molar-refractivity contribution is 0.112. The standard InChI is InChI=1S/C12H12N2O2/c1-13-12-9(7-15)5-8-6-10(16-2)3-4-11(8)14-12/h3-7H,1-2H3,(H,13,14). The Morgan fingerprint density at radius 1 is 1.38 bits per heavy atom. The number of aldehydes is 1. The monoisotopic (exact) mass is 216 g/mol. The lowest BCUT2D eigenvalue weighted by Gasteiger charge is -2.06. The van der Waals surface area contributed by atoms with E-state index in [9.17, 15) is 4.79 Å². The summed E-state index contributed by atoms with van der Waals surface area (Å²) in [4.78, 5) is 15.2. The normalized spacial score (nSPS) is 10.1. The summed E-state index contributed by atoms with van der Waals surface area (Å²) in [5.74, 6) is 1.34. The molecule has 0 aliphatic heterocycles. The number of pyridine rings is 1. The van der Waals surface area contributed by atoms with Gasteiger partial charge >= 0.3 is 0 Å². The van der Waals surface area contributed by atoms with Crippen molar-refractivity contribution in [2.45, 2.75) is 0 Å². The molecule has 0 spiro atoms. The van der Waals surface area contributed by atoms with Crippen LogP contribution in [0, 0.1) is 0 Å². The van der Waals surface area contributed by atoms with Gasteiger partial charge in [0.05, 0.1) is 18.2 Å². The van der Waals surface area contributed by atoms with Crippen molar-refractivity contribution in [1.29, 1.82) is 0 Å². The molecule has 1 aromatic heterocycles. The third-order valence-electron chi connectivity index (χ3n) is 2.42. The molecule has 4 heteroatoms. The number of carbonyl (C=O) groups is 1. The van der Waals surface area contributed by atoms with Crippen molar-refractivity contribution >= 4 is 23.0 Å². The molecule has 1 N–H and O–H groups in total. The highest BCUT2D eigenvalue weighted by atomic mass is 16.5. The zero-order valence-electron chi connectivity index (χ0n) is 9.15. The predicted molar refractivity (Wildman–Crippen MR) is 63.2 cm³/mol. The van der Waals surface area contributed by atoms with Crippen LogP contribution in [0.2, 0.25) is 0 Å². The van der Waals surface area contributed by atoms with Crippen LogP contribution in [-0.2, 0) is 0 Å². The number of rotatable bonds is 3. The molecule has 0 atom stereocenters. The molecule has 16 heavy (non-hydrogen) atoms. The van der Waals surface area contributed by atoms with Crippen LogP contribution in [0.4, 0.5) is 5.82 Å². The van der Waals surface area contributed by atoms with E-state index < -0.39 is 0 Å². The molecule has 0 aliphatic carbocycles. The van der Waals surface area contributed by atoms with Gasteiger partial charge < -0.3 is 10.1 Å².